The molecular weight excluding hydrogens is 222 g/mol. The van der Waals surface area contributed by atoms with Gasteiger partial charge >= 0.3 is 5.97 Å². The third-order valence-electron chi connectivity index (χ3n) is 3.71. The zero-order valence-corrected chi connectivity index (χ0v) is 10.3. The summed E-state index contributed by atoms with van der Waals surface area (Å²) in [5.74, 6) is -0.00918. The number of carbonyl (C=O) groups is 1. The summed E-state index contributed by atoms with van der Waals surface area (Å²) < 4.78 is 1.57. The van der Waals surface area contributed by atoms with Gasteiger partial charge in [0.25, 0.3) is 0 Å². The standard InChI is InChI=1S/C10H17N5O2/c1-7(2)10(8(16)17)4-5-15(6-10)9-11-12-13-14(9)3/h7H,4-6H2,1-3H3,(H,16,17). The number of hydrogen-bond acceptors (Lipinski definition) is 5. The number of hydrogen-bond donors (Lipinski definition) is 1. The van der Waals surface area contributed by atoms with E-state index in [1.807, 2.05) is 18.7 Å². The lowest BCUT2D eigenvalue weighted by atomic mass is 9.76. The van der Waals surface area contributed by atoms with Gasteiger partial charge < -0.3 is 10.0 Å². The third-order valence-corrected chi connectivity index (χ3v) is 3.71. The molecule has 1 atom stereocenters. The van der Waals surface area contributed by atoms with Crippen LogP contribution in [0.1, 0.15) is 20.3 Å². The van der Waals surface area contributed by atoms with Crippen molar-refractivity contribution >= 4 is 11.9 Å². The number of aromatic nitrogens is 4. The van der Waals surface area contributed by atoms with Crippen molar-refractivity contribution < 1.29 is 9.90 Å². The number of nitrogens with zero attached hydrogens (tertiary/aromatic N) is 5. The average molecular weight is 239 g/mol. The highest BCUT2D eigenvalue weighted by Gasteiger charge is 2.48. The average Bonchev–Trinajstić information content (AvgIpc) is 2.83. The number of aliphatic carboxylic acids is 1. The van der Waals surface area contributed by atoms with Crippen molar-refractivity contribution in [1.82, 2.24) is 20.2 Å². The van der Waals surface area contributed by atoms with Gasteiger partial charge in [0.1, 0.15) is 0 Å². The lowest BCUT2D eigenvalue weighted by Gasteiger charge is -2.28. The fourth-order valence-corrected chi connectivity index (χ4v) is 2.39. The van der Waals surface area contributed by atoms with Gasteiger partial charge in [-0.2, -0.15) is 0 Å². The third kappa shape index (κ3) is 1.75. The summed E-state index contributed by atoms with van der Waals surface area (Å²) in [5.41, 5.74) is -0.689. The van der Waals surface area contributed by atoms with Gasteiger partial charge in [-0.1, -0.05) is 18.9 Å². The highest BCUT2D eigenvalue weighted by Crippen LogP contribution is 2.39. The molecular formula is C10H17N5O2. The topological polar surface area (TPSA) is 84.1 Å². The summed E-state index contributed by atoms with van der Waals surface area (Å²) in [6.07, 6.45) is 0.632. The smallest absolute Gasteiger partial charge is 0.311 e. The summed E-state index contributed by atoms with van der Waals surface area (Å²) in [6, 6.07) is 0. The molecule has 0 amide bonds. The fourth-order valence-electron chi connectivity index (χ4n) is 2.39. The van der Waals surface area contributed by atoms with E-state index in [1.165, 1.54) is 0 Å². The number of carboxylic acid groups (broad SMARTS) is 1. The van der Waals surface area contributed by atoms with E-state index >= 15 is 0 Å². The summed E-state index contributed by atoms with van der Waals surface area (Å²) in [7, 11) is 1.76. The Labute approximate surface area is 99.4 Å². The molecule has 2 heterocycles. The van der Waals surface area contributed by atoms with Crippen molar-refractivity contribution in [1.29, 1.82) is 0 Å². The summed E-state index contributed by atoms with van der Waals surface area (Å²) >= 11 is 0. The first-order valence-corrected chi connectivity index (χ1v) is 5.68. The lowest BCUT2D eigenvalue weighted by Crippen LogP contribution is -2.39. The van der Waals surface area contributed by atoms with E-state index < -0.39 is 11.4 Å². The SMILES string of the molecule is CC(C)C1(C(=O)O)CCN(c2nnnn2C)C1. The number of anilines is 1. The largest absolute Gasteiger partial charge is 0.481 e. The van der Waals surface area contributed by atoms with Gasteiger partial charge in [0.2, 0.25) is 5.95 Å². The van der Waals surface area contributed by atoms with Gasteiger partial charge in [0.15, 0.2) is 0 Å². The van der Waals surface area contributed by atoms with Crippen LogP contribution in [0.5, 0.6) is 0 Å². The molecule has 17 heavy (non-hydrogen) atoms. The zero-order valence-electron chi connectivity index (χ0n) is 10.3. The molecule has 1 saturated heterocycles. The molecule has 0 aromatic carbocycles. The van der Waals surface area contributed by atoms with Gasteiger partial charge in [-0.15, -0.1) is 0 Å². The minimum atomic E-state index is -0.731. The molecule has 2 rings (SSSR count). The molecule has 7 nitrogen and oxygen atoms in total. The Hall–Kier alpha value is -1.66. The van der Waals surface area contributed by atoms with Crippen molar-refractivity contribution in [3.05, 3.63) is 0 Å². The van der Waals surface area contributed by atoms with E-state index in [0.717, 1.165) is 0 Å². The predicted molar refractivity (Wildman–Crippen MR) is 60.5 cm³/mol. The number of tetrazole rings is 1. The van der Waals surface area contributed by atoms with Crippen LogP contribution < -0.4 is 4.90 Å². The highest BCUT2D eigenvalue weighted by atomic mass is 16.4. The van der Waals surface area contributed by atoms with Crippen LogP contribution in [0.4, 0.5) is 5.95 Å². The maximum atomic E-state index is 11.5. The Morgan fingerprint density at radius 2 is 2.24 bits per heavy atom. The van der Waals surface area contributed by atoms with E-state index in [-0.39, 0.29) is 5.92 Å². The van der Waals surface area contributed by atoms with Crippen molar-refractivity contribution in [3.8, 4) is 0 Å². The van der Waals surface area contributed by atoms with Crippen LogP contribution in [0.2, 0.25) is 0 Å². The van der Waals surface area contributed by atoms with Crippen LogP contribution in [-0.2, 0) is 11.8 Å². The van der Waals surface area contributed by atoms with Crippen LogP contribution in [-0.4, -0.2) is 44.4 Å². The van der Waals surface area contributed by atoms with Gasteiger partial charge in [0.05, 0.1) is 5.41 Å². The molecule has 0 saturated carbocycles. The monoisotopic (exact) mass is 239 g/mol. The maximum absolute atomic E-state index is 11.5. The quantitative estimate of drug-likeness (QED) is 0.808. The second kappa shape index (κ2) is 3.97. The van der Waals surface area contributed by atoms with Crippen molar-refractivity contribution in [3.63, 3.8) is 0 Å². The Morgan fingerprint density at radius 3 is 2.65 bits per heavy atom. The van der Waals surface area contributed by atoms with Crippen molar-refractivity contribution in [2.75, 3.05) is 18.0 Å². The molecule has 1 fully saturated rings. The van der Waals surface area contributed by atoms with E-state index in [0.29, 0.717) is 25.5 Å². The minimum Gasteiger partial charge on any atom is -0.481 e. The van der Waals surface area contributed by atoms with E-state index in [4.69, 9.17) is 0 Å². The Kier molecular flexibility index (Phi) is 2.76. The summed E-state index contributed by atoms with van der Waals surface area (Å²) in [6.45, 7) is 5.05. The molecule has 1 aliphatic rings. The van der Waals surface area contributed by atoms with Crippen molar-refractivity contribution in [2.24, 2.45) is 18.4 Å². The highest BCUT2D eigenvalue weighted by molar-refractivity contribution is 5.76. The summed E-state index contributed by atoms with van der Waals surface area (Å²) in [5, 5.41) is 20.7. The Morgan fingerprint density at radius 1 is 1.53 bits per heavy atom. The molecule has 1 N–H and O–H groups in total. The number of rotatable bonds is 3. The molecule has 1 aromatic heterocycles. The van der Waals surface area contributed by atoms with Crippen LogP contribution >= 0.6 is 0 Å². The molecule has 1 aliphatic heterocycles. The molecule has 94 valence electrons. The zero-order chi connectivity index (χ0) is 12.6. The van der Waals surface area contributed by atoms with E-state index in [2.05, 4.69) is 15.5 Å². The van der Waals surface area contributed by atoms with Gasteiger partial charge in [-0.25, -0.2) is 4.68 Å². The normalized spacial score (nSPS) is 24.6. The Bertz CT molecular complexity index is 430. The van der Waals surface area contributed by atoms with Crippen molar-refractivity contribution in [2.45, 2.75) is 20.3 Å². The first-order chi connectivity index (χ1) is 7.97. The first kappa shape index (κ1) is 11.8. The molecule has 0 bridgehead atoms. The molecule has 0 aliphatic carbocycles. The molecule has 0 radical (unpaired) electrons. The van der Waals surface area contributed by atoms with Gasteiger partial charge in [-0.05, 0) is 22.8 Å². The van der Waals surface area contributed by atoms with Gasteiger partial charge in [0, 0.05) is 20.1 Å². The second-order valence-corrected chi connectivity index (χ2v) is 4.89. The Balaban J connectivity index is 2.24. The molecule has 1 unspecified atom stereocenters. The summed E-state index contributed by atoms with van der Waals surface area (Å²) in [4.78, 5) is 13.4. The van der Waals surface area contributed by atoms with Crippen LogP contribution in [0, 0.1) is 11.3 Å². The fraction of sp³-hybridized carbons (Fsp3) is 0.800. The molecule has 7 heteroatoms. The number of aryl methyl sites for hydroxylation is 1. The maximum Gasteiger partial charge on any atom is 0.311 e. The van der Waals surface area contributed by atoms with Crippen LogP contribution in [0.25, 0.3) is 0 Å². The number of carboxylic acids is 1. The van der Waals surface area contributed by atoms with Crippen LogP contribution in [0.3, 0.4) is 0 Å². The first-order valence-electron chi connectivity index (χ1n) is 5.68. The second-order valence-electron chi connectivity index (χ2n) is 4.89. The van der Waals surface area contributed by atoms with E-state index in [1.54, 1.807) is 11.7 Å². The molecule has 1 aromatic rings. The minimum absolute atomic E-state index is 0.0891. The molecule has 0 spiro atoms. The lowest BCUT2D eigenvalue weighted by molar-refractivity contribution is -0.150. The van der Waals surface area contributed by atoms with E-state index in [9.17, 15) is 9.90 Å². The van der Waals surface area contributed by atoms with Crippen LogP contribution in [0.15, 0.2) is 0 Å². The van der Waals surface area contributed by atoms with Gasteiger partial charge in [-0.3, -0.25) is 4.79 Å². The predicted octanol–water partition coefficient (Wildman–Crippen LogP) is 0.147.